The normalized spacial score (nSPS) is 12.0. The van der Waals surface area contributed by atoms with Crippen molar-refractivity contribution in [3.63, 3.8) is 0 Å². The molecule has 1 aromatic rings. The fourth-order valence-electron chi connectivity index (χ4n) is 1.16. The number of carbonyl (C=O) groups is 1. The van der Waals surface area contributed by atoms with E-state index in [4.69, 9.17) is 16.3 Å². The Morgan fingerprint density at radius 1 is 1.50 bits per heavy atom. The molecule has 0 saturated heterocycles. The molecule has 3 nitrogen and oxygen atoms in total. The SMILES string of the molecule is CCC(C)Oc1ccc(C(=O)OC)c(Cl)c1. The lowest BCUT2D eigenvalue weighted by Crippen LogP contribution is -2.10. The van der Waals surface area contributed by atoms with Gasteiger partial charge < -0.3 is 9.47 Å². The van der Waals surface area contributed by atoms with Crippen molar-refractivity contribution >= 4 is 17.6 Å². The number of rotatable bonds is 4. The van der Waals surface area contributed by atoms with Crippen LogP contribution in [0.5, 0.6) is 5.75 Å². The molecule has 0 aliphatic heterocycles. The van der Waals surface area contributed by atoms with Gasteiger partial charge in [-0.05, 0) is 31.5 Å². The summed E-state index contributed by atoms with van der Waals surface area (Å²) in [6.45, 7) is 4.01. The number of ether oxygens (including phenoxy) is 2. The van der Waals surface area contributed by atoms with E-state index in [1.54, 1.807) is 18.2 Å². The first-order chi connectivity index (χ1) is 7.58. The highest BCUT2D eigenvalue weighted by Gasteiger charge is 2.11. The molecule has 1 atom stereocenters. The van der Waals surface area contributed by atoms with Crippen LogP contribution in [0.2, 0.25) is 5.02 Å². The lowest BCUT2D eigenvalue weighted by Gasteiger charge is -2.13. The zero-order valence-corrected chi connectivity index (χ0v) is 10.4. The molecule has 4 heteroatoms. The zero-order chi connectivity index (χ0) is 12.1. The maximum atomic E-state index is 11.3. The average Bonchev–Trinajstić information content (AvgIpc) is 2.28. The Kier molecular flexibility index (Phi) is 4.62. The second kappa shape index (κ2) is 5.75. The average molecular weight is 243 g/mol. The molecule has 0 aromatic heterocycles. The third-order valence-corrected chi connectivity index (χ3v) is 2.57. The van der Waals surface area contributed by atoms with Gasteiger partial charge in [0, 0.05) is 0 Å². The van der Waals surface area contributed by atoms with Gasteiger partial charge in [0.2, 0.25) is 0 Å². The van der Waals surface area contributed by atoms with Gasteiger partial charge in [-0.25, -0.2) is 4.79 Å². The molecule has 16 heavy (non-hydrogen) atoms. The quantitative estimate of drug-likeness (QED) is 0.760. The summed E-state index contributed by atoms with van der Waals surface area (Å²) >= 11 is 5.95. The number of esters is 1. The zero-order valence-electron chi connectivity index (χ0n) is 9.62. The topological polar surface area (TPSA) is 35.5 Å². The maximum absolute atomic E-state index is 11.3. The van der Waals surface area contributed by atoms with Gasteiger partial charge >= 0.3 is 5.97 Å². The highest BCUT2D eigenvalue weighted by Crippen LogP contribution is 2.24. The molecule has 0 fully saturated rings. The fraction of sp³-hybridized carbons (Fsp3) is 0.417. The fourth-order valence-corrected chi connectivity index (χ4v) is 1.41. The van der Waals surface area contributed by atoms with Crippen LogP contribution in [0.1, 0.15) is 30.6 Å². The molecule has 0 aliphatic rings. The van der Waals surface area contributed by atoms with Gasteiger partial charge in [-0.3, -0.25) is 0 Å². The van der Waals surface area contributed by atoms with Gasteiger partial charge in [-0.2, -0.15) is 0 Å². The van der Waals surface area contributed by atoms with Crippen LogP contribution in [-0.4, -0.2) is 19.2 Å². The smallest absolute Gasteiger partial charge is 0.339 e. The molecule has 0 heterocycles. The van der Waals surface area contributed by atoms with Crippen molar-refractivity contribution in [3.05, 3.63) is 28.8 Å². The molecule has 1 unspecified atom stereocenters. The van der Waals surface area contributed by atoms with Crippen molar-refractivity contribution in [2.45, 2.75) is 26.4 Å². The van der Waals surface area contributed by atoms with Gasteiger partial charge in [0.25, 0.3) is 0 Å². The van der Waals surface area contributed by atoms with E-state index < -0.39 is 5.97 Å². The van der Waals surface area contributed by atoms with Crippen LogP contribution < -0.4 is 4.74 Å². The van der Waals surface area contributed by atoms with Crippen molar-refractivity contribution in [1.82, 2.24) is 0 Å². The molecule has 88 valence electrons. The number of benzene rings is 1. The molecule has 0 spiro atoms. The Morgan fingerprint density at radius 2 is 2.19 bits per heavy atom. The molecule has 0 N–H and O–H groups in total. The number of hydrogen-bond acceptors (Lipinski definition) is 3. The van der Waals surface area contributed by atoms with E-state index >= 15 is 0 Å². The molecular weight excluding hydrogens is 228 g/mol. The predicted molar refractivity (Wildman–Crippen MR) is 63.2 cm³/mol. The monoisotopic (exact) mass is 242 g/mol. The van der Waals surface area contributed by atoms with E-state index in [0.29, 0.717) is 16.3 Å². The van der Waals surface area contributed by atoms with E-state index in [9.17, 15) is 4.79 Å². The van der Waals surface area contributed by atoms with Crippen LogP contribution in [-0.2, 0) is 4.74 Å². The Morgan fingerprint density at radius 3 is 2.69 bits per heavy atom. The second-order valence-electron chi connectivity index (χ2n) is 3.47. The van der Waals surface area contributed by atoms with Gasteiger partial charge in [-0.15, -0.1) is 0 Å². The molecule has 1 aromatic carbocycles. The number of carbonyl (C=O) groups excluding carboxylic acids is 1. The summed E-state index contributed by atoms with van der Waals surface area (Å²) in [6.07, 6.45) is 1.04. The largest absolute Gasteiger partial charge is 0.491 e. The number of halogens is 1. The molecule has 1 rings (SSSR count). The van der Waals surface area contributed by atoms with Crippen LogP contribution in [0.4, 0.5) is 0 Å². The summed E-state index contributed by atoms with van der Waals surface area (Å²) < 4.78 is 10.2. The van der Waals surface area contributed by atoms with Crippen molar-refractivity contribution in [2.75, 3.05) is 7.11 Å². The van der Waals surface area contributed by atoms with E-state index in [-0.39, 0.29) is 6.10 Å². The van der Waals surface area contributed by atoms with Crippen LogP contribution >= 0.6 is 11.6 Å². The third-order valence-electron chi connectivity index (χ3n) is 2.26. The number of methoxy groups -OCH3 is 1. The standard InChI is InChI=1S/C12H15ClO3/c1-4-8(2)16-9-5-6-10(11(13)7-9)12(14)15-3/h5-8H,4H2,1-3H3. The molecule has 0 bridgehead atoms. The van der Waals surface area contributed by atoms with Crippen molar-refractivity contribution in [1.29, 1.82) is 0 Å². The summed E-state index contributed by atoms with van der Waals surface area (Å²) in [6, 6.07) is 4.94. The summed E-state index contributed by atoms with van der Waals surface area (Å²) in [4.78, 5) is 11.3. The Labute approximate surface area is 100 Å². The predicted octanol–water partition coefficient (Wildman–Crippen LogP) is 3.30. The van der Waals surface area contributed by atoms with Gasteiger partial charge in [0.15, 0.2) is 0 Å². The van der Waals surface area contributed by atoms with Gasteiger partial charge in [0.05, 0.1) is 23.8 Å². The minimum Gasteiger partial charge on any atom is -0.491 e. The second-order valence-corrected chi connectivity index (χ2v) is 3.88. The van der Waals surface area contributed by atoms with Gasteiger partial charge in [-0.1, -0.05) is 18.5 Å². The summed E-state index contributed by atoms with van der Waals surface area (Å²) in [7, 11) is 1.32. The first kappa shape index (κ1) is 12.8. The van der Waals surface area contributed by atoms with Crippen LogP contribution in [0, 0.1) is 0 Å². The molecule has 0 radical (unpaired) electrons. The van der Waals surface area contributed by atoms with Crippen molar-refractivity contribution < 1.29 is 14.3 Å². The molecular formula is C12H15ClO3. The van der Waals surface area contributed by atoms with E-state index in [1.807, 2.05) is 13.8 Å². The third kappa shape index (κ3) is 3.14. The Hall–Kier alpha value is -1.22. The summed E-state index contributed by atoms with van der Waals surface area (Å²) in [5.41, 5.74) is 0.348. The summed E-state index contributed by atoms with van der Waals surface area (Å²) in [5, 5.41) is 0.340. The summed E-state index contributed by atoms with van der Waals surface area (Å²) in [5.74, 6) is 0.215. The molecule has 0 aliphatic carbocycles. The van der Waals surface area contributed by atoms with E-state index in [1.165, 1.54) is 7.11 Å². The first-order valence-electron chi connectivity index (χ1n) is 5.13. The van der Waals surface area contributed by atoms with Gasteiger partial charge in [0.1, 0.15) is 5.75 Å². The lowest BCUT2D eigenvalue weighted by atomic mass is 10.2. The van der Waals surface area contributed by atoms with E-state index in [2.05, 4.69) is 4.74 Å². The lowest BCUT2D eigenvalue weighted by molar-refractivity contribution is 0.0601. The van der Waals surface area contributed by atoms with Crippen LogP contribution in [0.25, 0.3) is 0 Å². The van der Waals surface area contributed by atoms with Crippen molar-refractivity contribution in [2.24, 2.45) is 0 Å². The highest BCUT2D eigenvalue weighted by molar-refractivity contribution is 6.33. The number of hydrogen-bond donors (Lipinski definition) is 0. The minimum absolute atomic E-state index is 0.125. The highest BCUT2D eigenvalue weighted by atomic mass is 35.5. The molecule has 0 amide bonds. The maximum Gasteiger partial charge on any atom is 0.339 e. The minimum atomic E-state index is -0.444. The Bertz CT molecular complexity index is 377. The van der Waals surface area contributed by atoms with E-state index in [0.717, 1.165) is 6.42 Å². The Balaban J connectivity index is 2.86. The first-order valence-corrected chi connectivity index (χ1v) is 5.50. The van der Waals surface area contributed by atoms with Crippen molar-refractivity contribution in [3.8, 4) is 5.75 Å². The molecule has 0 saturated carbocycles. The van der Waals surface area contributed by atoms with Crippen LogP contribution in [0.15, 0.2) is 18.2 Å². The van der Waals surface area contributed by atoms with Crippen LogP contribution in [0.3, 0.4) is 0 Å².